The summed E-state index contributed by atoms with van der Waals surface area (Å²) in [5.41, 5.74) is 3.55. The number of nitrogens with zero attached hydrogens (tertiary/aromatic N) is 4. The Kier molecular flexibility index (Phi) is 7.71. The van der Waals surface area contributed by atoms with Gasteiger partial charge in [-0.1, -0.05) is 41.4 Å². The number of hydrogen-bond donors (Lipinski definition) is 1. The Bertz CT molecular complexity index is 1160. The predicted octanol–water partition coefficient (Wildman–Crippen LogP) is 4.56. The highest BCUT2D eigenvalue weighted by atomic mass is 35.5. The van der Waals surface area contributed by atoms with Crippen LogP contribution in [0.5, 0.6) is 0 Å². The van der Waals surface area contributed by atoms with Gasteiger partial charge in [-0.2, -0.15) is 10.2 Å². The number of aryl methyl sites for hydroxylation is 2. The van der Waals surface area contributed by atoms with Crippen molar-refractivity contribution in [2.75, 3.05) is 5.32 Å². The van der Waals surface area contributed by atoms with Crippen LogP contribution in [0.1, 0.15) is 49.2 Å². The molecule has 3 rings (SSSR count). The van der Waals surface area contributed by atoms with Crippen molar-refractivity contribution in [2.24, 2.45) is 0 Å². The standard InChI is InChI=1S/C24H28ClN5O3/c1-15(2)30-21(12-13-26-30)27-24(32)18(5)33-22(31)11-10-20-17(4)28-29(23(20)25)14-19-8-6-16(3)7-9-19/h6-13,15,18H,14H2,1-5H3,(H,27,32)/b11-10+. The first kappa shape index (κ1) is 24.3. The molecule has 0 radical (unpaired) electrons. The van der Waals surface area contributed by atoms with E-state index in [0.29, 0.717) is 28.8 Å². The summed E-state index contributed by atoms with van der Waals surface area (Å²) in [6, 6.07) is 9.88. The van der Waals surface area contributed by atoms with Gasteiger partial charge in [-0.25, -0.2) is 14.2 Å². The highest BCUT2D eigenvalue weighted by Crippen LogP contribution is 2.22. The zero-order chi connectivity index (χ0) is 24.1. The van der Waals surface area contributed by atoms with Crippen LogP contribution in [0.4, 0.5) is 5.82 Å². The highest BCUT2D eigenvalue weighted by molar-refractivity contribution is 6.31. The highest BCUT2D eigenvalue weighted by Gasteiger charge is 2.19. The third-order valence-corrected chi connectivity index (χ3v) is 5.42. The second kappa shape index (κ2) is 10.5. The van der Waals surface area contributed by atoms with Gasteiger partial charge in [-0.3, -0.25) is 4.79 Å². The summed E-state index contributed by atoms with van der Waals surface area (Å²) in [5, 5.41) is 11.8. The van der Waals surface area contributed by atoms with Crippen LogP contribution in [0.3, 0.4) is 0 Å². The van der Waals surface area contributed by atoms with E-state index in [4.69, 9.17) is 16.3 Å². The van der Waals surface area contributed by atoms with E-state index in [1.807, 2.05) is 52.0 Å². The van der Waals surface area contributed by atoms with Crippen LogP contribution < -0.4 is 5.32 Å². The van der Waals surface area contributed by atoms with E-state index in [9.17, 15) is 9.59 Å². The molecule has 0 bridgehead atoms. The molecule has 9 heteroatoms. The van der Waals surface area contributed by atoms with Crippen molar-refractivity contribution >= 4 is 35.4 Å². The number of rotatable bonds is 8. The van der Waals surface area contributed by atoms with E-state index >= 15 is 0 Å². The SMILES string of the molecule is Cc1ccc(Cn2nc(C)c(/C=C/C(=O)OC(C)C(=O)Nc3ccnn3C(C)C)c2Cl)cc1. The smallest absolute Gasteiger partial charge is 0.331 e. The molecular formula is C24H28ClN5O3. The normalized spacial score (nSPS) is 12.3. The van der Waals surface area contributed by atoms with Crippen LogP contribution in [0.2, 0.25) is 5.15 Å². The second-order valence-electron chi connectivity index (χ2n) is 8.09. The van der Waals surface area contributed by atoms with Gasteiger partial charge in [0.05, 0.1) is 18.4 Å². The molecule has 0 saturated carbocycles. The third kappa shape index (κ3) is 6.10. The molecule has 0 aliphatic rings. The zero-order valence-corrected chi connectivity index (χ0v) is 20.1. The summed E-state index contributed by atoms with van der Waals surface area (Å²) in [7, 11) is 0. The Morgan fingerprint density at radius 1 is 1.15 bits per heavy atom. The maximum Gasteiger partial charge on any atom is 0.331 e. The lowest BCUT2D eigenvalue weighted by atomic mass is 10.1. The molecular weight excluding hydrogens is 442 g/mol. The molecule has 2 heterocycles. The van der Waals surface area contributed by atoms with Gasteiger partial charge in [0, 0.05) is 23.7 Å². The van der Waals surface area contributed by atoms with Gasteiger partial charge in [0.15, 0.2) is 6.10 Å². The molecule has 0 saturated heterocycles. The molecule has 1 amide bonds. The number of amides is 1. The molecule has 0 spiro atoms. The average molecular weight is 470 g/mol. The number of benzene rings is 1. The number of halogens is 1. The van der Waals surface area contributed by atoms with Crippen LogP contribution in [0.15, 0.2) is 42.6 Å². The molecule has 2 aromatic heterocycles. The number of esters is 1. The van der Waals surface area contributed by atoms with E-state index in [0.717, 1.165) is 5.56 Å². The fourth-order valence-electron chi connectivity index (χ4n) is 3.20. The number of aromatic nitrogens is 4. The first-order valence-corrected chi connectivity index (χ1v) is 11.0. The van der Waals surface area contributed by atoms with Crippen molar-refractivity contribution in [1.82, 2.24) is 19.6 Å². The zero-order valence-electron chi connectivity index (χ0n) is 19.4. The van der Waals surface area contributed by atoms with Crippen molar-refractivity contribution in [1.29, 1.82) is 0 Å². The fourth-order valence-corrected chi connectivity index (χ4v) is 3.50. The van der Waals surface area contributed by atoms with Gasteiger partial charge in [0.2, 0.25) is 0 Å². The van der Waals surface area contributed by atoms with Crippen LogP contribution in [-0.4, -0.2) is 37.5 Å². The second-order valence-corrected chi connectivity index (χ2v) is 8.45. The molecule has 174 valence electrons. The molecule has 8 nitrogen and oxygen atoms in total. The van der Waals surface area contributed by atoms with Crippen molar-refractivity contribution < 1.29 is 14.3 Å². The van der Waals surface area contributed by atoms with Gasteiger partial charge in [0.1, 0.15) is 11.0 Å². The Morgan fingerprint density at radius 2 is 1.85 bits per heavy atom. The van der Waals surface area contributed by atoms with Crippen molar-refractivity contribution in [3.05, 3.63) is 70.1 Å². The summed E-state index contributed by atoms with van der Waals surface area (Å²) >= 11 is 6.49. The van der Waals surface area contributed by atoms with Crippen molar-refractivity contribution in [3.8, 4) is 0 Å². The Balaban J connectivity index is 1.61. The van der Waals surface area contributed by atoms with Crippen LogP contribution in [-0.2, 0) is 20.9 Å². The molecule has 3 aromatic rings. The van der Waals surface area contributed by atoms with Crippen LogP contribution in [0, 0.1) is 13.8 Å². The lowest BCUT2D eigenvalue weighted by Gasteiger charge is -2.15. The summed E-state index contributed by atoms with van der Waals surface area (Å²) in [5.74, 6) is -0.562. The van der Waals surface area contributed by atoms with Crippen molar-refractivity contribution in [3.63, 3.8) is 0 Å². The molecule has 1 N–H and O–H groups in total. The predicted molar refractivity (Wildman–Crippen MR) is 128 cm³/mol. The number of carbonyl (C=O) groups is 2. The minimum Gasteiger partial charge on any atom is -0.449 e. The van der Waals surface area contributed by atoms with Crippen LogP contribution >= 0.6 is 11.6 Å². The number of hydrogen-bond acceptors (Lipinski definition) is 5. The Morgan fingerprint density at radius 3 is 2.52 bits per heavy atom. The topological polar surface area (TPSA) is 91.0 Å². The number of anilines is 1. The van der Waals surface area contributed by atoms with Gasteiger partial charge in [-0.05, 0) is 46.3 Å². The molecule has 0 aliphatic heterocycles. The molecule has 33 heavy (non-hydrogen) atoms. The van der Waals surface area contributed by atoms with E-state index in [2.05, 4.69) is 15.5 Å². The first-order chi connectivity index (χ1) is 15.7. The van der Waals surface area contributed by atoms with E-state index < -0.39 is 18.0 Å². The number of carbonyl (C=O) groups excluding carboxylic acids is 2. The third-order valence-electron chi connectivity index (χ3n) is 5.02. The molecule has 0 aliphatic carbocycles. The fraction of sp³-hybridized carbons (Fsp3) is 0.333. The van der Waals surface area contributed by atoms with Crippen LogP contribution in [0.25, 0.3) is 6.08 Å². The number of ether oxygens (including phenoxy) is 1. The van der Waals surface area contributed by atoms with Gasteiger partial charge >= 0.3 is 5.97 Å². The molecule has 1 aromatic carbocycles. The summed E-state index contributed by atoms with van der Waals surface area (Å²) < 4.78 is 8.59. The van der Waals surface area contributed by atoms with E-state index in [1.54, 1.807) is 27.7 Å². The average Bonchev–Trinajstić information content (AvgIpc) is 3.32. The largest absolute Gasteiger partial charge is 0.449 e. The lowest BCUT2D eigenvalue weighted by molar-refractivity contribution is -0.148. The Labute approximate surface area is 198 Å². The van der Waals surface area contributed by atoms with Gasteiger partial charge < -0.3 is 10.1 Å². The monoisotopic (exact) mass is 469 g/mol. The quantitative estimate of drug-likeness (QED) is 0.385. The molecule has 1 unspecified atom stereocenters. The van der Waals surface area contributed by atoms with Crippen molar-refractivity contribution in [2.45, 2.75) is 53.3 Å². The first-order valence-electron chi connectivity index (χ1n) is 10.7. The maximum absolute atomic E-state index is 12.4. The van der Waals surface area contributed by atoms with Gasteiger partial charge in [-0.15, -0.1) is 0 Å². The lowest BCUT2D eigenvalue weighted by Crippen LogP contribution is -2.30. The van der Waals surface area contributed by atoms with Gasteiger partial charge in [0.25, 0.3) is 5.91 Å². The number of nitrogens with one attached hydrogen (secondary N) is 1. The van der Waals surface area contributed by atoms with E-state index in [1.165, 1.54) is 18.6 Å². The summed E-state index contributed by atoms with van der Waals surface area (Å²) in [6.45, 7) is 9.77. The van der Waals surface area contributed by atoms with E-state index in [-0.39, 0.29) is 6.04 Å². The maximum atomic E-state index is 12.4. The Hall–Kier alpha value is -3.39. The summed E-state index contributed by atoms with van der Waals surface area (Å²) in [4.78, 5) is 24.7. The summed E-state index contributed by atoms with van der Waals surface area (Å²) in [6.07, 6.45) is 3.41. The molecule has 1 atom stereocenters. The minimum atomic E-state index is -0.988. The minimum absolute atomic E-state index is 0.0796. The molecule has 0 fully saturated rings.